The molecule has 0 unspecified atom stereocenters. The molecule has 0 aliphatic heterocycles. The molecule has 0 spiro atoms. The van der Waals surface area contributed by atoms with E-state index < -0.39 is 0 Å². The lowest BCUT2D eigenvalue weighted by molar-refractivity contribution is 0.346. The molecule has 0 amide bonds. The number of aromatic hydroxyl groups is 2. The number of benzene rings is 4. The standard InChI is InChI=1S/C26H24Cl2O4/c1-15-3-5-17-19(11-15)25(29)21(13-23(17)31-9-7-27)22-14-24(32-10-8-28)18-6-4-16(2)12-20(18)26(22)30/h3-6,11-14,29-30H,7-10H2,1-2H3. The molecule has 0 fully saturated rings. The summed E-state index contributed by atoms with van der Waals surface area (Å²) in [6.07, 6.45) is 0. The summed E-state index contributed by atoms with van der Waals surface area (Å²) < 4.78 is 11.8. The Kier molecular flexibility index (Phi) is 6.54. The van der Waals surface area contributed by atoms with Gasteiger partial charge in [-0.1, -0.05) is 35.4 Å². The van der Waals surface area contributed by atoms with Gasteiger partial charge in [-0.05, 0) is 38.1 Å². The molecular formula is C26H24Cl2O4. The van der Waals surface area contributed by atoms with E-state index in [2.05, 4.69) is 0 Å². The highest BCUT2D eigenvalue weighted by Gasteiger charge is 2.20. The molecule has 166 valence electrons. The molecule has 0 aromatic heterocycles. The second-order valence-corrected chi connectivity index (χ2v) is 8.47. The molecular weight excluding hydrogens is 447 g/mol. The van der Waals surface area contributed by atoms with E-state index in [4.69, 9.17) is 32.7 Å². The number of rotatable bonds is 7. The maximum absolute atomic E-state index is 11.2. The third-order valence-electron chi connectivity index (χ3n) is 5.41. The van der Waals surface area contributed by atoms with Crippen LogP contribution in [0.25, 0.3) is 32.7 Å². The zero-order valence-electron chi connectivity index (χ0n) is 17.9. The molecule has 4 aromatic carbocycles. The van der Waals surface area contributed by atoms with Crippen molar-refractivity contribution in [3.63, 3.8) is 0 Å². The van der Waals surface area contributed by atoms with Gasteiger partial charge in [0.15, 0.2) is 0 Å². The molecule has 0 heterocycles. The third-order valence-corrected chi connectivity index (χ3v) is 5.72. The zero-order valence-corrected chi connectivity index (χ0v) is 19.4. The van der Waals surface area contributed by atoms with Gasteiger partial charge >= 0.3 is 0 Å². The molecule has 4 nitrogen and oxygen atoms in total. The summed E-state index contributed by atoms with van der Waals surface area (Å²) in [5, 5.41) is 25.3. The summed E-state index contributed by atoms with van der Waals surface area (Å²) in [6.45, 7) is 4.56. The summed E-state index contributed by atoms with van der Waals surface area (Å²) in [4.78, 5) is 0. The van der Waals surface area contributed by atoms with Crippen LogP contribution in [-0.2, 0) is 0 Å². The smallest absolute Gasteiger partial charge is 0.131 e. The summed E-state index contributed by atoms with van der Waals surface area (Å²) in [5.41, 5.74) is 2.89. The number of halogens is 2. The van der Waals surface area contributed by atoms with E-state index in [1.165, 1.54) is 0 Å². The molecule has 4 aromatic rings. The number of hydrogen-bond acceptors (Lipinski definition) is 4. The first kappa shape index (κ1) is 22.4. The average Bonchev–Trinajstić information content (AvgIpc) is 2.79. The number of alkyl halides is 2. The number of ether oxygens (including phenoxy) is 2. The Balaban J connectivity index is 2.03. The summed E-state index contributed by atoms with van der Waals surface area (Å²) in [6, 6.07) is 15.0. The monoisotopic (exact) mass is 470 g/mol. The van der Waals surface area contributed by atoms with Crippen LogP contribution in [0.3, 0.4) is 0 Å². The summed E-state index contributed by atoms with van der Waals surface area (Å²) in [5.74, 6) is 1.96. The number of phenolic OH excluding ortho intramolecular Hbond substituents is 2. The fraction of sp³-hybridized carbons (Fsp3) is 0.231. The predicted octanol–water partition coefficient (Wildman–Crippen LogP) is 6.92. The van der Waals surface area contributed by atoms with E-state index in [0.717, 1.165) is 21.9 Å². The molecule has 0 atom stereocenters. The van der Waals surface area contributed by atoms with Crippen molar-refractivity contribution in [2.24, 2.45) is 0 Å². The fourth-order valence-electron chi connectivity index (χ4n) is 3.93. The minimum absolute atomic E-state index is 0.0625. The van der Waals surface area contributed by atoms with E-state index in [1.54, 1.807) is 12.1 Å². The van der Waals surface area contributed by atoms with E-state index >= 15 is 0 Å². The summed E-state index contributed by atoms with van der Waals surface area (Å²) in [7, 11) is 0. The number of fused-ring (bicyclic) bond motifs is 2. The van der Waals surface area contributed by atoms with Crippen molar-refractivity contribution in [3.05, 3.63) is 59.7 Å². The largest absolute Gasteiger partial charge is 0.507 e. The molecule has 0 bridgehead atoms. The van der Waals surface area contributed by atoms with Gasteiger partial charge in [-0.15, -0.1) is 23.2 Å². The zero-order chi connectivity index (χ0) is 22.8. The third kappa shape index (κ3) is 4.13. The van der Waals surface area contributed by atoms with Crippen molar-refractivity contribution < 1.29 is 19.7 Å². The van der Waals surface area contributed by atoms with Gasteiger partial charge < -0.3 is 19.7 Å². The molecule has 0 saturated heterocycles. The minimum Gasteiger partial charge on any atom is -0.507 e. The SMILES string of the molecule is Cc1ccc2c(OCCCl)cc(-c3cc(OCCCl)c4ccc(C)cc4c3O)c(O)c2c1. The Bertz CT molecular complexity index is 1200. The van der Waals surface area contributed by atoms with E-state index in [1.807, 2.05) is 50.2 Å². The van der Waals surface area contributed by atoms with Crippen LogP contribution in [0, 0.1) is 13.8 Å². The Morgan fingerprint density at radius 2 is 1.03 bits per heavy atom. The van der Waals surface area contributed by atoms with Crippen LogP contribution >= 0.6 is 23.2 Å². The van der Waals surface area contributed by atoms with Crippen LogP contribution in [0.1, 0.15) is 11.1 Å². The first-order chi connectivity index (χ1) is 15.4. The van der Waals surface area contributed by atoms with E-state index in [-0.39, 0.29) is 11.5 Å². The van der Waals surface area contributed by atoms with Crippen molar-refractivity contribution in [2.75, 3.05) is 25.0 Å². The van der Waals surface area contributed by atoms with Crippen LogP contribution in [-0.4, -0.2) is 35.2 Å². The van der Waals surface area contributed by atoms with Crippen molar-refractivity contribution in [3.8, 4) is 34.1 Å². The first-order valence-electron chi connectivity index (χ1n) is 10.3. The van der Waals surface area contributed by atoms with Crippen molar-refractivity contribution >= 4 is 44.7 Å². The van der Waals surface area contributed by atoms with Gasteiger partial charge in [-0.2, -0.15) is 0 Å². The highest BCUT2D eigenvalue weighted by Crippen LogP contribution is 2.48. The fourth-order valence-corrected chi connectivity index (χ4v) is 4.08. The van der Waals surface area contributed by atoms with E-state index in [0.29, 0.717) is 58.4 Å². The lowest BCUT2D eigenvalue weighted by Gasteiger charge is -2.18. The lowest BCUT2D eigenvalue weighted by Crippen LogP contribution is -2.01. The molecule has 4 rings (SSSR count). The molecule has 32 heavy (non-hydrogen) atoms. The maximum Gasteiger partial charge on any atom is 0.131 e. The lowest BCUT2D eigenvalue weighted by atomic mass is 9.94. The predicted molar refractivity (Wildman–Crippen MR) is 132 cm³/mol. The second-order valence-electron chi connectivity index (χ2n) is 7.71. The number of aryl methyl sites for hydroxylation is 2. The van der Waals surface area contributed by atoms with Gasteiger partial charge in [0.25, 0.3) is 0 Å². The Morgan fingerprint density at radius 3 is 1.41 bits per heavy atom. The van der Waals surface area contributed by atoms with Crippen molar-refractivity contribution in [2.45, 2.75) is 13.8 Å². The second kappa shape index (κ2) is 9.35. The minimum atomic E-state index is 0.0625. The highest BCUT2D eigenvalue weighted by atomic mass is 35.5. The van der Waals surface area contributed by atoms with Crippen LogP contribution in [0.2, 0.25) is 0 Å². The Labute approximate surface area is 196 Å². The van der Waals surface area contributed by atoms with Gasteiger partial charge in [-0.3, -0.25) is 0 Å². The van der Waals surface area contributed by atoms with Crippen molar-refractivity contribution in [1.82, 2.24) is 0 Å². The first-order valence-corrected chi connectivity index (χ1v) is 11.4. The van der Waals surface area contributed by atoms with Gasteiger partial charge in [0.2, 0.25) is 0 Å². The maximum atomic E-state index is 11.2. The van der Waals surface area contributed by atoms with Gasteiger partial charge in [0.05, 0.1) is 11.8 Å². The normalized spacial score (nSPS) is 11.2. The average molecular weight is 471 g/mol. The number of hydrogen-bond donors (Lipinski definition) is 2. The van der Waals surface area contributed by atoms with Crippen molar-refractivity contribution in [1.29, 1.82) is 0 Å². The Morgan fingerprint density at radius 1 is 0.625 bits per heavy atom. The molecule has 0 radical (unpaired) electrons. The van der Waals surface area contributed by atoms with Gasteiger partial charge in [0, 0.05) is 32.7 Å². The topological polar surface area (TPSA) is 58.9 Å². The molecule has 0 saturated carbocycles. The molecule has 2 N–H and O–H groups in total. The van der Waals surface area contributed by atoms with Crippen LogP contribution in [0.5, 0.6) is 23.0 Å². The summed E-state index contributed by atoms with van der Waals surface area (Å²) >= 11 is 11.7. The molecule has 0 aliphatic rings. The Hall–Kier alpha value is -2.82. The molecule has 6 heteroatoms. The number of phenols is 2. The van der Waals surface area contributed by atoms with Crippen LogP contribution in [0.4, 0.5) is 0 Å². The van der Waals surface area contributed by atoms with Gasteiger partial charge in [0.1, 0.15) is 36.2 Å². The quantitative estimate of drug-likeness (QED) is 0.287. The van der Waals surface area contributed by atoms with E-state index in [9.17, 15) is 10.2 Å². The van der Waals surface area contributed by atoms with Gasteiger partial charge in [-0.25, -0.2) is 0 Å². The van der Waals surface area contributed by atoms with Crippen LogP contribution < -0.4 is 9.47 Å². The highest BCUT2D eigenvalue weighted by molar-refractivity contribution is 6.18. The van der Waals surface area contributed by atoms with Crippen LogP contribution in [0.15, 0.2) is 48.5 Å². The molecule has 0 aliphatic carbocycles.